The molecule has 3 aromatic rings. The SMILES string of the molecule is Cc1ccc(C(O)=C2C(=O)C(=O)N(CCCn3ccnc3)[C@H]2c2ccc(Br)cc2)cc1. The number of rotatable bonds is 6. The smallest absolute Gasteiger partial charge is 0.295 e. The summed E-state index contributed by atoms with van der Waals surface area (Å²) in [5, 5.41) is 11.0. The summed E-state index contributed by atoms with van der Waals surface area (Å²) in [6, 6.07) is 14.1. The normalized spacial score (nSPS) is 18.0. The van der Waals surface area contributed by atoms with Crippen molar-refractivity contribution in [3.8, 4) is 0 Å². The summed E-state index contributed by atoms with van der Waals surface area (Å²) in [6.07, 6.45) is 5.94. The molecule has 1 saturated heterocycles. The molecule has 2 heterocycles. The number of amides is 1. The third-order valence-corrected chi connectivity index (χ3v) is 5.95. The molecule has 6 nitrogen and oxygen atoms in total. The van der Waals surface area contributed by atoms with Gasteiger partial charge in [-0.25, -0.2) is 4.98 Å². The van der Waals surface area contributed by atoms with Gasteiger partial charge in [0.1, 0.15) is 5.76 Å². The number of ketones is 1. The van der Waals surface area contributed by atoms with Gasteiger partial charge in [-0.2, -0.15) is 0 Å². The van der Waals surface area contributed by atoms with Gasteiger partial charge in [-0.15, -0.1) is 0 Å². The lowest BCUT2D eigenvalue weighted by Crippen LogP contribution is -2.31. The second kappa shape index (κ2) is 8.89. The van der Waals surface area contributed by atoms with Crippen molar-refractivity contribution < 1.29 is 14.7 Å². The first kappa shape index (κ1) is 21.1. The van der Waals surface area contributed by atoms with E-state index in [1.165, 1.54) is 0 Å². The quantitative estimate of drug-likeness (QED) is 0.321. The molecule has 1 aliphatic rings. The van der Waals surface area contributed by atoms with Gasteiger partial charge in [0, 0.05) is 35.5 Å². The summed E-state index contributed by atoms with van der Waals surface area (Å²) in [4.78, 5) is 31.5. The fraction of sp³-hybridized carbons (Fsp3) is 0.208. The highest BCUT2D eigenvalue weighted by Gasteiger charge is 2.45. The van der Waals surface area contributed by atoms with Gasteiger partial charge in [0.15, 0.2) is 0 Å². The Balaban J connectivity index is 1.72. The Morgan fingerprint density at radius 3 is 2.42 bits per heavy atom. The molecule has 1 fully saturated rings. The van der Waals surface area contributed by atoms with E-state index in [-0.39, 0.29) is 11.3 Å². The van der Waals surface area contributed by atoms with Crippen LogP contribution in [0.25, 0.3) is 5.76 Å². The molecule has 158 valence electrons. The first-order valence-corrected chi connectivity index (χ1v) is 10.8. The van der Waals surface area contributed by atoms with Crippen molar-refractivity contribution in [2.75, 3.05) is 6.54 Å². The van der Waals surface area contributed by atoms with Crippen LogP contribution >= 0.6 is 15.9 Å². The van der Waals surface area contributed by atoms with E-state index in [4.69, 9.17) is 0 Å². The van der Waals surface area contributed by atoms with Gasteiger partial charge in [-0.1, -0.05) is 57.9 Å². The number of hydrogen-bond acceptors (Lipinski definition) is 4. The van der Waals surface area contributed by atoms with Crippen LogP contribution in [0.5, 0.6) is 0 Å². The van der Waals surface area contributed by atoms with E-state index in [0.29, 0.717) is 25.1 Å². The Kier molecular flexibility index (Phi) is 6.04. The summed E-state index contributed by atoms with van der Waals surface area (Å²) in [5.74, 6) is -1.40. The van der Waals surface area contributed by atoms with Gasteiger partial charge in [-0.3, -0.25) is 9.59 Å². The molecule has 0 bridgehead atoms. The maximum atomic E-state index is 13.0. The number of carbonyl (C=O) groups excluding carboxylic acids is 2. The van der Waals surface area contributed by atoms with Crippen LogP contribution in [0.15, 0.2) is 77.3 Å². The summed E-state index contributed by atoms with van der Waals surface area (Å²) in [6.45, 7) is 3.01. The fourth-order valence-corrected chi connectivity index (χ4v) is 4.08. The zero-order chi connectivity index (χ0) is 22.0. The van der Waals surface area contributed by atoms with Crippen LogP contribution in [0.1, 0.15) is 29.2 Å². The summed E-state index contributed by atoms with van der Waals surface area (Å²) in [5.41, 5.74) is 2.46. The first-order valence-electron chi connectivity index (χ1n) is 10.0. The van der Waals surface area contributed by atoms with Crippen LogP contribution < -0.4 is 0 Å². The molecular weight excluding hydrogens is 458 g/mol. The van der Waals surface area contributed by atoms with Crippen molar-refractivity contribution in [3.05, 3.63) is 94.0 Å². The van der Waals surface area contributed by atoms with E-state index in [0.717, 1.165) is 15.6 Å². The van der Waals surface area contributed by atoms with Crippen molar-refractivity contribution in [2.45, 2.75) is 25.9 Å². The van der Waals surface area contributed by atoms with Gasteiger partial charge in [0.05, 0.1) is 17.9 Å². The Morgan fingerprint density at radius 2 is 1.77 bits per heavy atom. The molecular formula is C24H22BrN3O3. The molecule has 0 aliphatic carbocycles. The van der Waals surface area contributed by atoms with Crippen LogP contribution in [-0.2, 0) is 16.1 Å². The molecule has 1 aliphatic heterocycles. The minimum Gasteiger partial charge on any atom is -0.507 e. The lowest BCUT2D eigenvalue weighted by atomic mass is 9.95. The van der Waals surface area contributed by atoms with Crippen molar-refractivity contribution in [1.29, 1.82) is 0 Å². The number of aryl methyl sites for hydroxylation is 2. The molecule has 1 aromatic heterocycles. The number of hydrogen-bond donors (Lipinski definition) is 1. The van der Waals surface area contributed by atoms with Crippen LogP contribution in [0.2, 0.25) is 0 Å². The van der Waals surface area contributed by atoms with Gasteiger partial charge in [-0.05, 0) is 31.0 Å². The van der Waals surface area contributed by atoms with Crippen LogP contribution in [0.3, 0.4) is 0 Å². The Morgan fingerprint density at radius 1 is 1.06 bits per heavy atom. The Labute approximate surface area is 189 Å². The Bertz CT molecular complexity index is 1120. The molecule has 2 aromatic carbocycles. The number of nitrogens with zero attached hydrogens (tertiary/aromatic N) is 3. The largest absolute Gasteiger partial charge is 0.507 e. The van der Waals surface area contributed by atoms with Gasteiger partial charge in [0.25, 0.3) is 11.7 Å². The maximum Gasteiger partial charge on any atom is 0.295 e. The molecule has 31 heavy (non-hydrogen) atoms. The topological polar surface area (TPSA) is 75.4 Å². The van der Waals surface area contributed by atoms with Crippen molar-refractivity contribution in [2.24, 2.45) is 0 Å². The highest BCUT2D eigenvalue weighted by Crippen LogP contribution is 2.39. The molecule has 7 heteroatoms. The molecule has 0 saturated carbocycles. The summed E-state index contributed by atoms with van der Waals surface area (Å²) < 4.78 is 2.82. The average Bonchev–Trinajstić information content (AvgIpc) is 3.37. The summed E-state index contributed by atoms with van der Waals surface area (Å²) in [7, 11) is 0. The summed E-state index contributed by atoms with van der Waals surface area (Å²) >= 11 is 3.43. The number of Topliss-reactive ketones (excluding diaryl/α,β-unsaturated/α-hetero) is 1. The van der Waals surface area contributed by atoms with Crippen molar-refractivity contribution in [1.82, 2.24) is 14.5 Å². The van der Waals surface area contributed by atoms with Crippen LogP contribution in [0, 0.1) is 6.92 Å². The van der Waals surface area contributed by atoms with E-state index in [9.17, 15) is 14.7 Å². The monoisotopic (exact) mass is 479 g/mol. The van der Waals surface area contributed by atoms with E-state index in [2.05, 4.69) is 20.9 Å². The number of aromatic nitrogens is 2. The Hall–Kier alpha value is -3.19. The van der Waals surface area contributed by atoms with Crippen molar-refractivity contribution >= 4 is 33.4 Å². The molecule has 0 spiro atoms. The zero-order valence-electron chi connectivity index (χ0n) is 17.0. The van der Waals surface area contributed by atoms with Gasteiger partial charge in [0.2, 0.25) is 0 Å². The van der Waals surface area contributed by atoms with E-state index in [1.807, 2.05) is 54.1 Å². The number of benzene rings is 2. The predicted octanol–water partition coefficient (Wildman–Crippen LogP) is 4.47. The molecule has 0 unspecified atom stereocenters. The van der Waals surface area contributed by atoms with E-state index >= 15 is 0 Å². The predicted molar refractivity (Wildman–Crippen MR) is 121 cm³/mol. The number of likely N-dealkylation sites (tertiary alicyclic amines) is 1. The second-order valence-electron chi connectivity index (χ2n) is 7.56. The number of imidazole rings is 1. The van der Waals surface area contributed by atoms with Crippen LogP contribution in [-0.4, -0.2) is 37.8 Å². The van der Waals surface area contributed by atoms with Gasteiger partial charge < -0.3 is 14.6 Å². The minimum absolute atomic E-state index is 0.124. The average molecular weight is 480 g/mol. The first-order chi connectivity index (χ1) is 15.0. The second-order valence-corrected chi connectivity index (χ2v) is 8.48. The number of carbonyl (C=O) groups is 2. The minimum atomic E-state index is -0.659. The van der Waals surface area contributed by atoms with Crippen LogP contribution in [0.4, 0.5) is 0 Å². The van der Waals surface area contributed by atoms with Crippen molar-refractivity contribution in [3.63, 3.8) is 0 Å². The molecule has 0 radical (unpaired) electrons. The zero-order valence-corrected chi connectivity index (χ0v) is 18.6. The van der Waals surface area contributed by atoms with E-state index in [1.54, 1.807) is 29.6 Å². The number of aliphatic hydroxyl groups is 1. The fourth-order valence-electron chi connectivity index (χ4n) is 3.81. The third-order valence-electron chi connectivity index (χ3n) is 5.43. The molecule has 4 rings (SSSR count). The number of halogens is 1. The van der Waals surface area contributed by atoms with Gasteiger partial charge >= 0.3 is 0 Å². The molecule has 1 amide bonds. The molecule has 1 atom stereocenters. The highest BCUT2D eigenvalue weighted by atomic mass is 79.9. The maximum absolute atomic E-state index is 13.0. The number of aliphatic hydroxyl groups excluding tert-OH is 1. The molecule has 1 N–H and O–H groups in total. The lowest BCUT2D eigenvalue weighted by Gasteiger charge is -2.25. The third kappa shape index (κ3) is 4.32. The lowest BCUT2D eigenvalue weighted by molar-refractivity contribution is -0.139. The van der Waals surface area contributed by atoms with E-state index < -0.39 is 17.7 Å². The highest BCUT2D eigenvalue weighted by molar-refractivity contribution is 9.10. The standard InChI is InChI=1S/C24H22BrN3O3/c1-16-3-5-18(6-4-16)22(29)20-21(17-7-9-19(25)10-8-17)28(24(31)23(20)30)13-2-12-27-14-11-26-15-27/h3-11,14-15,21,29H,2,12-13H2,1H3/t21-/m0/s1.